The second-order valence-electron chi connectivity index (χ2n) is 13.6. The molecule has 8 nitrogen and oxygen atoms in total. The number of carbonyl (C=O) groups excluding carboxylic acids is 2. The van der Waals surface area contributed by atoms with Gasteiger partial charge in [0.1, 0.15) is 11.6 Å². The van der Waals surface area contributed by atoms with E-state index in [1.165, 1.54) is 18.2 Å². The van der Waals surface area contributed by atoms with Crippen molar-refractivity contribution < 1.29 is 31.5 Å². The van der Waals surface area contributed by atoms with Crippen LogP contribution in [-0.2, 0) is 6.18 Å². The van der Waals surface area contributed by atoms with Crippen molar-refractivity contribution in [1.29, 1.82) is 0 Å². The molecule has 0 bridgehead atoms. The molecule has 2 aliphatic rings. The van der Waals surface area contributed by atoms with Gasteiger partial charge in [0.15, 0.2) is 0 Å². The lowest BCUT2D eigenvalue weighted by atomic mass is 9.73. The Hall–Kier alpha value is -4.26. The van der Waals surface area contributed by atoms with E-state index in [9.17, 15) is 27.6 Å². The van der Waals surface area contributed by atoms with Crippen LogP contribution in [0.1, 0.15) is 79.7 Å². The molecule has 0 radical (unpaired) electrons. The Bertz CT molecular complexity index is 1760. The molecule has 48 heavy (non-hydrogen) atoms. The zero-order valence-electron chi connectivity index (χ0n) is 27.5. The summed E-state index contributed by atoms with van der Waals surface area (Å²) in [5, 5.41) is 5.43. The number of likely N-dealkylation sites (N-methyl/N-ethyl adjacent to an activating group) is 1. The first-order valence-corrected chi connectivity index (χ1v) is 16.0. The molecular weight excluding hydrogens is 633 g/mol. The highest BCUT2D eigenvalue weighted by molar-refractivity contribution is 6.07. The molecule has 1 aromatic heterocycles. The fourth-order valence-corrected chi connectivity index (χ4v) is 6.69. The van der Waals surface area contributed by atoms with E-state index in [4.69, 9.17) is 0 Å². The second kappa shape index (κ2) is 13.3. The molecule has 3 atom stereocenters. The van der Waals surface area contributed by atoms with Gasteiger partial charge in [0.2, 0.25) is 5.56 Å². The van der Waals surface area contributed by atoms with Crippen molar-refractivity contribution in [2.75, 3.05) is 30.4 Å². The Kier molecular flexibility index (Phi) is 9.74. The highest BCUT2D eigenvalue weighted by atomic mass is 19.4. The van der Waals surface area contributed by atoms with Crippen molar-refractivity contribution in [3.8, 4) is 11.1 Å². The molecular formula is C35H40F5N5O3. The predicted molar refractivity (Wildman–Crippen MR) is 174 cm³/mol. The summed E-state index contributed by atoms with van der Waals surface area (Å²) in [4.78, 5) is 44.2. The smallest absolute Gasteiger partial charge is 0.367 e. The molecule has 2 heterocycles. The molecule has 1 aliphatic carbocycles. The van der Waals surface area contributed by atoms with Gasteiger partial charge in [0, 0.05) is 49.0 Å². The molecule has 3 aromatic rings. The number of carbonyl (C=O) groups is 2. The van der Waals surface area contributed by atoms with E-state index in [2.05, 4.69) is 34.4 Å². The second-order valence-corrected chi connectivity index (χ2v) is 13.6. The molecule has 3 N–H and O–H groups in total. The summed E-state index contributed by atoms with van der Waals surface area (Å²) in [6, 6.07) is 6.28. The van der Waals surface area contributed by atoms with E-state index < -0.39 is 46.3 Å². The summed E-state index contributed by atoms with van der Waals surface area (Å²) in [6.45, 7) is 8.90. The van der Waals surface area contributed by atoms with E-state index in [1.54, 1.807) is 0 Å². The number of pyridine rings is 1. The van der Waals surface area contributed by atoms with Crippen LogP contribution in [0.25, 0.3) is 11.1 Å². The van der Waals surface area contributed by atoms with Gasteiger partial charge in [-0.25, -0.2) is 8.78 Å². The number of benzene rings is 2. The van der Waals surface area contributed by atoms with E-state index in [-0.39, 0.29) is 51.6 Å². The third kappa shape index (κ3) is 7.25. The molecule has 1 aliphatic heterocycles. The lowest BCUT2D eigenvalue weighted by Gasteiger charge is -2.44. The van der Waals surface area contributed by atoms with Crippen molar-refractivity contribution in [2.45, 2.75) is 77.7 Å². The van der Waals surface area contributed by atoms with Crippen molar-refractivity contribution in [1.82, 2.24) is 15.2 Å². The fraction of sp³-hybridized carbons (Fsp3) is 0.457. The zero-order chi connectivity index (χ0) is 35.1. The molecule has 1 saturated carbocycles. The van der Waals surface area contributed by atoms with Crippen molar-refractivity contribution in [2.24, 2.45) is 5.41 Å². The van der Waals surface area contributed by atoms with Gasteiger partial charge in [0.25, 0.3) is 11.8 Å². The number of anilines is 2. The number of hydrogen-bond donors (Lipinski definition) is 3. The number of alkyl halides is 3. The van der Waals surface area contributed by atoms with Crippen LogP contribution in [0.2, 0.25) is 0 Å². The van der Waals surface area contributed by atoms with E-state index in [1.807, 2.05) is 25.8 Å². The molecule has 2 aromatic carbocycles. The molecule has 258 valence electrons. The Balaban J connectivity index is 1.52. The highest BCUT2D eigenvalue weighted by Gasteiger charge is 2.37. The molecule has 0 spiro atoms. The van der Waals surface area contributed by atoms with Crippen LogP contribution in [0, 0.1) is 17.0 Å². The largest absolute Gasteiger partial charge is 0.417 e. The average molecular weight is 674 g/mol. The molecule has 13 heteroatoms. The minimum absolute atomic E-state index is 0.0126. The maximum atomic E-state index is 15.9. The summed E-state index contributed by atoms with van der Waals surface area (Å²) in [7, 11) is 1.95. The number of aromatic nitrogens is 1. The van der Waals surface area contributed by atoms with Crippen molar-refractivity contribution in [3.05, 3.63) is 81.3 Å². The van der Waals surface area contributed by atoms with E-state index >= 15 is 8.78 Å². The third-order valence-corrected chi connectivity index (χ3v) is 9.85. The van der Waals surface area contributed by atoms with Gasteiger partial charge >= 0.3 is 6.18 Å². The first kappa shape index (κ1) is 35.1. The summed E-state index contributed by atoms with van der Waals surface area (Å²) < 4.78 is 72.8. The summed E-state index contributed by atoms with van der Waals surface area (Å²) in [5.41, 5.74) is -3.52. The van der Waals surface area contributed by atoms with Crippen LogP contribution in [0.3, 0.4) is 0 Å². The Morgan fingerprint density at radius 1 is 0.938 bits per heavy atom. The van der Waals surface area contributed by atoms with Gasteiger partial charge in [0.05, 0.1) is 28.1 Å². The normalized spacial score (nSPS) is 21.5. The third-order valence-electron chi connectivity index (χ3n) is 9.85. The van der Waals surface area contributed by atoms with Crippen LogP contribution in [0.4, 0.5) is 33.3 Å². The Labute approximate surface area is 275 Å². The first-order chi connectivity index (χ1) is 22.5. The maximum absolute atomic E-state index is 15.9. The van der Waals surface area contributed by atoms with E-state index in [0.29, 0.717) is 25.4 Å². The lowest BCUT2D eigenvalue weighted by molar-refractivity contribution is -0.138. The topological polar surface area (TPSA) is 97.5 Å². The molecule has 2 amide bonds. The number of H-pyrrole nitrogens is 1. The average Bonchev–Trinajstić information content (AvgIpc) is 3.00. The van der Waals surface area contributed by atoms with E-state index in [0.717, 1.165) is 37.8 Å². The molecule has 1 unspecified atom stereocenters. The maximum Gasteiger partial charge on any atom is 0.417 e. The summed E-state index contributed by atoms with van der Waals surface area (Å²) in [5.74, 6) is -3.40. The number of hydrogen-bond acceptors (Lipinski definition) is 5. The van der Waals surface area contributed by atoms with Crippen molar-refractivity contribution >= 4 is 23.2 Å². The van der Waals surface area contributed by atoms with Crippen LogP contribution in [-0.4, -0.2) is 60.0 Å². The minimum Gasteiger partial charge on any atom is -0.367 e. The highest BCUT2D eigenvalue weighted by Crippen LogP contribution is 2.38. The zero-order valence-corrected chi connectivity index (χ0v) is 27.5. The van der Waals surface area contributed by atoms with Crippen LogP contribution >= 0.6 is 0 Å². The first-order valence-electron chi connectivity index (χ1n) is 16.0. The standard InChI is InChI=1S/C35H40F5N5O3/c1-19-17-45(18-20(2)44(19)5)29-15-27(37)23(13-28(29)42-33(48)24-16-41-31(46)14-25(24)35(38,39)40)21-9-10-22(26(36)12-21)32(47)43-30-8-6-7-11-34(30,3)4/h9-10,12-16,19-20,30H,6-8,11,17-18H2,1-5H3,(H,41,46)(H,42,48)(H,43,47)/t19-,20+,30?. The monoisotopic (exact) mass is 673 g/mol. The number of nitrogens with zero attached hydrogens (tertiary/aromatic N) is 2. The number of nitrogens with one attached hydrogen (secondary N) is 3. The molecule has 5 rings (SSSR count). The van der Waals surface area contributed by atoms with Crippen molar-refractivity contribution in [3.63, 3.8) is 0 Å². The number of amides is 2. The Morgan fingerprint density at radius 2 is 1.62 bits per heavy atom. The van der Waals surface area contributed by atoms with Crippen LogP contribution in [0.15, 0.2) is 47.4 Å². The number of piperazine rings is 1. The summed E-state index contributed by atoms with van der Waals surface area (Å²) in [6.07, 6.45) is -0.610. The number of halogens is 5. The molecule has 1 saturated heterocycles. The van der Waals surface area contributed by atoms with Gasteiger partial charge in [-0.1, -0.05) is 32.8 Å². The molecule has 2 fully saturated rings. The predicted octanol–water partition coefficient (Wildman–Crippen LogP) is 6.82. The number of rotatable bonds is 6. The van der Waals surface area contributed by atoms with Gasteiger partial charge < -0.3 is 20.5 Å². The van der Waals surface area contributed by atoms with Gasteiger partial charge in [-0.3, -0.25) is 19.3 Å². The quantitative estimate of drug-likeness (QED) is 0.250. The number of aromatic amines is 1. The Morgan fingerprint density at radius 3 is 2.25 bits per heavy atom. The minimum atomic E-state index is -5.00. The SMILES string of the molecule is C[C@@H]1CN(c2cc(F)c(-c3ccc(C(=O)NC4CCCCC4(C)C)c(F)c3)cc2NC(=O)c2c[nH]c(=O)cc2C(F)(F)F)C[C@H](C)N1C. The van der Waals surface area contributed by atoms with Gasteiger partial charge in [-0.2, -0.15) is 13.2 Å². The van der Waals surface area contributed by atoms with Gasteiger partial charge in [-0.15, -0.1) is 0 Å². The van der Waals surface area contributed by atoms with Crippen LogP contribution < -0.4 is 21.1 Å². The summed E-state index contributed by atoms with van der Waals surface area (Å²) >= 11 is 0. The van der Waals surface area contributed by atoms with Gasteiger partial charge in [-0.05, 0) is 69.0 Å². The van der Waals surface area contributed by atoms with Crippen LogP contribution in [0.5, 0.6) is 0 Å². The fourth-order valence-electron chi connectivity index (χ4n) is 6.69. The lowest BCUT2D eigenvalue weighted by Crippen LogP contribution is -2.55.